The van der Waals surface area contributed by atoms with Crippen molar-refractivity contribution in [2.24, 2.45) is 0 Å². The Labute approximate surface area is 225 Å². The molecule has 0 saturated carbocycles. The summed E-state index contributed by atoms with van der Waals surface area (Å²) in [5.41, 5.74) is 5.00. The second-order valence-corrected chi connectivity index (χ2v) is 16.6. The van der Waals surface area contributed by atoms with Crippen LogP contribution in [-0.4, -0.2) is 17.0 Å². The van der Waals surface area contributed by atoms with Crippen molar-refractivity contribution < 1.29 is 25.1 Å². The van der Waals surface area contributed by atoms with E-state index in [4.69, 9.17) is 0 Å². The Morgan fingerprint density at radius 3 is 1.71 bits per heavy atom. The van der Waals surface area contributed by atoms with Gasteiger partial charge in [0.05, 0.1) is 8.07 Å². The van der Waals surface area contributed by atoms with E-state index in [2.05, 4.69) is 134 Å². The van der Waals surface area contributed by atoms with Gasteiger partial charge >= 0.3 is 95.6 Å². The van der Waals surface area contributed by atoms with E-state index in [1.165, 1.54) is 25.7 Å². The number of hydrogen-bond acceptors (Lipinski definition) is 1. The van der Waals surface area contributed by atoms with Crippen molar-refractivity contribution in [3.8, 4) is 5.75 Å². The first-order valence-corrected chi connectivity index (χ1v) is 15.9. The molecule has 3 heteroatoms. The number of hydrogen-bond donors (Lipinski definition) is 1. The van der Waals surface area contributed by atoms with E-state index in [9.17, 15) is 5.11 Å². The van der Waals surface area contributed by atoms with Crippen LogP contribution >= 0.6 is 0 Å². The van der Waals surface area contributed by atoms with Crippen LogP contribution in [0.4, 0.5) is 0 Å². The van der Waals surface area contributed by atoms with Gasteiger partial charge < -0.3 is 5.11 Å². The van der Waals surface area contributed by atoms with Gasteiger partial charge in [0.15, 0.2) is 0 Å². The third-order valence-electron chi connectivity index (χ3n) is 6.65. The number of phenols is 1. The summed E-state index contributed by atoms with van der Waals surface area (Å²) in [5.74, 6) is 0.398. The monoisotopic (exact) mass is 515 g/mol. The molecule has 0 unspecified atom stereocenters. The van der Waals surface area contributed by atoms with E-state index < -0.39 is 8.07 Å². The first-order chi connectivity index (χ1) is 16.4. The number of aromatic hydroxyl groups is 1. The van der Waals surface area contributed by atoms with Crippen LogP contribution in [0.15, 0.2) is 96.6 Å². The van der Waals surface area contributed by atoms with Crippen LogP contribution in [0.3, 0.4) is 0 Å². The summed E-state index contributed by atoms with van der Waals surface area (Å²) >= 11 is 2.16. The molecule has 0 spiro atoms. The first-order valence-electron chi connectivity index (χ1n) is 12.2. The molecule has 35 heavy (non-hydrogen) atoms. The average Bonchev–Trinajstić information content (AvgIpc) is 3.30. The van der Waals surface area contributed by atoms with Gasteiger partial charge in [0.25, 0.3) is 0 Å². The molecule has 0 aromatic heterocycles. The molecular formula is C32H39OSiTi. The van der Waals surface area contributed by atoms with Gasteiger partial charge in [0, 0.05) is 0 Å². The third kappa shape index (κ3) is 9.04. The number of benzene rings is 3. The molecule has 0 aliphatic heterocycles. The van der Waals surface area contributed by atoms with Crippen LogP contribution in [0.25, 0.3) is 0 Å². The number of allylic oxidation sites excluding steroid dienone is 4. The van der Waals surface area contributed by atoms with E-state index in [1.54, 1.807) is 0 Å². The zero-order chi connectivity index (χ0) is 26.1. The number of aryl methyl sites for hydroxylation is 1. The van der Waals surface area contributed by atoms with E-state index in [0.29, 0.717) is 10.8 Å². The summed E-state index contributed by atoms with van der Waals surface area (Å²) in [6.45, 7) is 15.7. The zero-order valence-corrected chi connectivity index (χ0v) is 24.9. The van der Waals surface area contributed by atoms with Crippen molar-refractivity contribution >= 4 is 17.1 Å². The molecule has 0 bridgehead atoms. The maximum absolute atomic E-state index is 9.65. The SMILES string of the molecule is CC1=[C-]CC=C1.Cc1cc(O)cc([Si](C)(C)C(C)(C)C)c1.[Ti+]=[C](c1ccccc1)c1ccccc1. The molecule has 4 rings (SSSR count). The number of rotatable bonds is 3. The molecule has 0 atom stereocenters. The Morgan fingerprint density at radius 1 is 0.857 bits per heavy atom. The Bertz CT molecular complexity index is 1090. The molecule has 3 aromatic rings. The fourth-order valence-corrected chi connectivity index (χ4v) is 5.93. The second-order valence-electron chi connectivity index (χ2n) is 10.5. The molecule has 0 radical (unpaired) electrons. The van der Waals surface area contributed by atoms with Gasteiger partial charge in [-0.3, -0.25) is 6.08 Å². The molecular weight excluding hydrogens is 476 g/mol. The van der Waals surface area contributed by atoms with Gasteiger partial charge in [-0.25, -0.2) is 11.6 Å². The van der Waals surface area contributed by atoms with Gasteiger partial charge in [0.2, 0.25) is 0 Å². The minimum absolute atomic E-state index is 0.313. The summed E-state index contributed by atoms with van der Waals surface area (Å²) in [6, 6.07) is 26.9. The van der Waals surface area contributed by atoms with Gasteiger partial charge in [-0.1, -0.05) is 52.0 Å². The predicted octanol–water partition coefficient (Wildman–Crippen LogP) is 7.91. The molecule has 0 heterocycles. The molecule has 1 nitrogen and oxygen atoms in total. The summed E-state index contributed by atoms with van der Waals surface area (Å²) in [4.78, 5) is 0. The van der Waals surface area contributed by atoms with Gasteiger partial charge in [-0.15, -0.1) is 6.42 Å². The molecule has 0 amide bonds. The number of phenolic OH excluding ortho intramolecular Hbond substituents is 1. The molecule has 3 aromatic carbocycles. The summed E-state index contributed by atoms with van der Waals surface area (Å²) in [7, 11) is -1.50. The van der Waals surface area contributed by atoms with Crippen molar-refractivity contribution in [2.75, 3.05) is 0 Å². The molecule has 1 aliphatic carbocycles. The maximum atomic E-state index is 9.65. The van der Waals surface area contributed by atoms with Gasteiger partial charge in [-0.05, 0) is 29.7 Å². The summed E-state index contributed by atoms with van der Waals surface area (Å²) in [6.07, 6.45) is 8.33. The van der Waals surface area contributed by atoms with Crippen LogP contribution in [0.5, 0.6) is 5.75 Å². The van der Waals surface area contributed by atoms with Crippen molar-refractivity contribution in [1.82, 2.24) is 0 Å². The molecule has 181 valence electrons. The molecule has 0 fully saturated rings. The van der Waals surface area contributed by atoms with Crippen molar-refractivity contribution in [1.29, 1.82) is 0 Å². The van der Waals surface area contributed by atoms with E-state index in [-0.39, 0.29) is 0 Å². The van der Waals surface area contributed by atoms with E-state index >= 15 is 0 Å². The Morgan fingerprint density at radius 2 is 1.37 bits per heavy atom. The molecule has 1 N–H and O–H groups in total. The average molecular weight is 516 g/mol. The van der Waals surface area contributed by atoms with Gasteiger partial charge in [-0.2, -0.15) is 6.08 Å². The van der Waals surface area contributed by atoms with Crippen LogP contribution in [0.2, 0.25) is 18.1 Å². The van der Waals surface area contributed by atoms with Gasteiger partial charge in [0.1, 0.15) is 5.75 Å². The molecule has 1 aliphatic rings. The zero-order valence-electron chi connectivity index (χ0n) is 22.3. The Hall–Kier alpha value is -2.26. The standard InChI is InChI=1S/C13H22OSi.C13H10.C6H7.Ti/c1-10-7-11(14)9-12(8-10)15(5,6)13(2,3)4;1-3-7-12(8-4-1)11-13-9-5-2-6-10-13;1-6-4-2-3-5-6;/h7-9,14H,1-6H3;1-10H;2,4H,3H2,1H3;/q;;-1;+1. The van der Waals surface area contributed by atoms with Crippen molar-refractivity contribution in [3.63, 3.8) is 0 Å². The normalized spacial score (nSPS) is 12.7. The summed E-state index contributed by atoms with van der Waals surface area (Å²) < 4.78 is 1.33. The minimum atomic E-state index is -1.50. The topological polar surface area (TPSA) is 20.2 Å². The Kier molecular flexibility index (Phi) is 10.9. The van der Waals surface area contributed by atoms with E-state index in [0.717, 1.165) is 12.0 Å². The Balaban J connectivity index is 0.000000201. The predicted molar refractivity (Wildman–Crippen MR) is 152 cm³/mol. The van der Waals surface area contributed by atoms with Crippen LogP contribution < -0.4 is 5.19 Å². The van der Waals surface area contributed by atoms with Crippen molar-refractivity contribution in [2.45, 2.75) is 59.2 Å². The fraction of sp³-hybridized carbons (Fsp3) is 0.281. The third-order valence-corrected chi connectivity index (χ3v) is 13.0. The first kappa shape index (κ1) is 29.0. The van der Waals surface area contributed by atoms with E-state index in [1.807, 2.05) is 31.2 Å². The van der Waals surface area contributed by atoms with Crippen LogP contribution in [0.1, 0.15) is 50.8 Å². The molecule has 0 saturated heterocycles. The second kappa shape index (κ2) is 13.2. The van der Waals surface area contributed by atoms with Crippen LogP contribution in [0, 0.1) is 13.0 Å². The van der Waals surface area contributed by atoms with Crippen molar-refractivity contribution in [3.05, 3.63) is 119 Å². The quantitative estimate of drug-likeness (QED) is 0.278. The fourth-order valence-electron chi connectivity index (χ4n) is 3.45. The van der Waals surface area contributed by atoms with Crippen LogP contribution in [-0.2, 0) is 20.0 Å². The summed E-state index contributed by atoms with van der Waals surface area (Å²) in [5, 5.41) is 11.3.